The van der Waals surface area contributed by atoms with E-state index in [9.17, 15) is 0 Å². The van der Waals surface area contributed by atoms with Gasteiger partial charge in [-0.05, 0) is 52.3 Å². The number of para-hydroxylation sites is 1. The summed E-state index contributed by atoms with van der Waals surface area (Å²) >= 11 is 0. The van der Waals surface area contributed by atoms with Gasteiger partial charge in [0.25, 0.3) is 0 Å². The van der Waals surface area contributed by atoms with Crippen molar-refractivity contribution in [2.24, 2.45) is 0 Å². The number of benzene rings is 6. The average molecular weight is 686 g/mol. The topological polar surface area (TPSA) is 47.9 Å². The second kappa shape index (κ2) is 14.3. The Kier molecular flexibility index (Phi) is 8.79. The average Bonchev–Trinajstić information content (AvgIpc) is 3.63. The molecule has 6 aromatic carbocycles. The number of unbranched alkanes of at least 4 members (excludes halogenated alkanes) is 1. The zero-order valence-electron chi connectivity index (χ0n) is 29.7. The molecule has 7 aromatic rings. The second-order valence-corrected chi connectivity index (χ2v) is 13.8. The molecular weight excluding hydrogens is 647 g/mol. The van der Waals surface area contributed by atoms with Gasteiger partial charge < -0.3 is 4.74 Å². The van der Waals surface area contributed by atoms with Crippen molar-refractivity contribution in [3.8, 4) is 50.8 Å². The molecule has 256 valence electrons. The van der Waals surface area contributed by atoms with Gasteiger partial charge in [-0.1, -0.05) is 177 Å². The van der Waals surface area contributed by atoms with Crippen molar-refractivity contribution in [1.29, 1.82) is 0 Å². The van der Waals surface area contributed by atoms with E-state index in [2.05, 4.69) is 146 Å². The summed E-state index contributed by atoms with van der Waals surface area (Å²) < 4.78 is 6.78. The Bertz CT molecular complexity index is 2430. The van der Waals surface area contributed by atoms with Crippen LogP contribution in [0.1, 0.15) is 48.2 Å². The maximum atomic E-state index is 6.78. The highest BCUT2D eigenvalue weighted by Crippen LogP contribution is 2.51. The van der Waals surface area contributed by atoms with E-state index in [1.807, 2.05) is 30.3 Å². The van der Waals surface area contributed by atoms with Crippen molar-refractivity contribution in [3.63, 3.8) is 0 Å². The Labute approximate surface area is 311 Å². The van der Waals surface area contributed by atoms with Crippen LogP contribution in [0.25, 0.3) is 56.2 Å². The Morgan fingerprint density at radius 2 is 0.925 bits per heavy atom. The molecule has 0 saturated carbocycles. The number of allylic oxidation sites excluding steroid dienone is 2. The van der Waals surface area contributed by atoms with Crippen LogP contribution in [0.3, 0.4) is 0 Å². The van der Waals surface area contributed by atoms with Gasteiger partial charge in [0.15, 0.2) is 17.5 Å². The standard InChI is InChI=1S/C49H39N3O/c1-2-3-12-33-19-21-35(22-20-33)37-25-29-40(30-26-37)48-50-47(39-15-8-5-9-16-39)51-49(52-48)43-32-31-41(46-45(43)42-17-10-11-18-44(42)53-46)38-27-23-36(24-28-38)34-13-6-4-7-14-34/h4-11,13-32,45-46H,2-3,12H2,1H3. The first-order valence-corrected chi connectivity index (χ1v) is 18.6. The fraction of sp³-hybridized carbons (Fsp3) is 0.122. The molecule has 1 aliphatic heterocycles. The van der Waals surface area contributed by atoms with E-state index < -0.39 is 0 Å². The largest absolute Gasteiger partial charge is 0.484 e. The number of nitrogens with zero attached hydrogens (tertiary/aromatic N) is 3. The van der Waals surface area contributed by atoms with E-state index in [1.165, 1.54) is 40.7 Å². The van der Waals surface area contributed by atoms with Crippen molar-refractivity contribution >= 4 is 11.1 Å². The summed E-state index contributed by atoms with van der Waals surface area (Å²) in [6.45, 7) is 2.24. The summed E-state index contributed by atoms with van der Waals surface area (Å²) in [7, 11) is 0. The predicted molar refractivity (Wildman–Crippen MR) is 216 cm³/mol. The van der Waals surface area contributed by atoms with Crippen LogP contribution >= 0.6 is 0 Å². The van der Waals surface area contributed by atoms with Crippen LogP contribution in [0.4, 0.5) is 0 Å². The van der Waals surface area contributed by atoms with Crippen molar-refractivity contribution in [1.82, 2.24) is 15.0 Å². The second-order valence-electron chi connectivity index (χ2n) is 13.8. The van der Waals surface area contributed by atoms with E-state index in [4.69, 9.17) is 19.7 Å². The summed E-state index contributed by atoms with van der Waals surface area (Å²) in [4.78, 5) is 15.4. The van der Waals surface area contributed by atoms with E-state index in [1.54, 1.807) is 0 Å². The molecule has 53 heavy (non-hydrogen) atoms. The molecule has 2 aliphatic rings. The third-order valence-corrected chi connectivity index (χ3v) is 10.4. The first-order valence-electron chi connectivity index (χ1n) is 18.6. The predicted octanol–water partition coefficient (Wildman–Crippen LogP) is 11.9. The lowest BCUT2D eigenvalue weighted by Crippen LogP contribution is -2.25. The lowest BCUT2D eigenvalue weighted by atomic mass is 9.78. The third-order valence-electron chi connectivity index (χ3n) is 10.4. The van der Waals surface area contributed by atoms with E-state index >= 15 is 0 Å². The first kappa shape index (κ1) is 32.5. The fourth-order valence-electron chi connectivity index (χ4n) is 7.53. The van der Waals surface area contributed by atoms with Gasteiger partial charge in [-0.25, -0.2) is 15.0 Å². The molecule has 0 bridgehead atoms. The first-order chi connectivity index (χ1) is 26.2. The van der Waals surface area contributed by atoms with Gasteiger partial charge >= 0.3 is 0 Å². The zero-order valence-corrected chi connectivity index (χ0v) is 29.7. The zero-order chi connectivity index (χ0) is 35.6. The molecule has 0 spiro atoms. The highest BCUT2D eigenvalue weighted by molar-refractivity contribution is 5.86. The maximum absolute atomic E-state index is 6.78. The molecule has 9 rings (SSSR count). The Hall–Kier alpha value is -6.39. The molecule has 1 aromatic heterocycles. The van der Waals surface area contributed by atoms with Crippen molar-refractivity contribution < 1.29 is 4.74 Å². The highest BCUT2D eigenvalue weighted by atomic mass is 16.5. The maximum Gasteiger partial charge on any atom is 0.164 e. The third kappa shape index (κ3) is 6.49. The normalized spacial score (nSPS) is 15.9. The van der Waals surface area contributed by atoms with Crippen LogP contribution in [0.2, 0.25) is 0 Å². The minimum absolute atomic E-state index is 0.0819. The van der Waals surface area contributed by atoms with Crippen LogP contribution in [0.5, 0.6) is 5.75 Å². The van der Waals surface area contributed by atoms with Gasteiger partial charge in [0.2, 0.25) is 0 Å². The van der Waals surface area contributed by atoms with Crippen molar-refractivity contribution in [2.45, 2.75) is 38.2 Å². The van der Waals surface area contributed by atoms with Crippen LogP contribution in [-0.4, -0.2) is 21.1 Å². The molecule has 2 unspecified atom stereocenters. The SMILES string of the molecule is CCCCc1ccc(-c2ccc(-c3nc(C4=CC=C(c5ccc(-c6ccccc6)cc5)C5Oc6ccccc6C45)nc(-c4ccccc4)n3)cc2)cc1. The van der Waals surface area contributed by atoms with Crippen molar-refractivity contribution in [3.05, 3.63) is 192 Å². The number of hydrogen-bond donors (Lipinski definition) is 0. The summed E-state index contributed by atoms with van der Waals surface area (Å²) in [6.07, 6.45) is 7.70. The molecule has 4 nitrogen and oxygen atoms in total. The number of fused-ring (bicyclic) bond motifs is 3. The number of rotatable bonds is 9. The molecule has 0 N–H and O–H groups in total. The van der Waals surface area contributed by atoms with Gasteiger partial charge in [-0.2, -0.15) is 0 Å². The lowest BCUT2D eigenvalue weighted by molar-refractivity contribution is 0.281. The Balaban J connectivity index is 1.11. The summed E-state index contributed by atoms with van der Waals surface area (Å²) in [5, 5.41) is 0. The molecule has 2 atom stereocenters. The van der Waals surface area contributed by atoms with Crippen molar-refractivity contribution in [2.75, 3.05) is 0 Å². The monoisotopic (exact) mass is 685 g/mol. The van der Waals surface area contributed by atoms with Crippen LogP contribution < -0.4 is 4.74 Å². The fourth-order valence-corrected chi connectivity index (χ4v) is 7.53. The minimum atomic E-state index is -0.219. The summed E-state index contributed by atoms with van der Waals surface area (Å²) in [5.41, 5.74) is 12.5. The van der Waals surface area contributed by atoms with Gasteiger partial charge in [0.1, 0.15) is 11.9 Å². The van der Waals surface area contributed by atoms with E-state index in [-0.39, 0.29) is 12.0 Å². The minimum Gasteiger partial charge on any atom is -0.484 e. The van der Waals surface area contributed by atoms with Gasteiger partial charge in [-0.15, -0.1) is 0 Å². The summed E-state index contributed by atoms with van der Waals surface area (Å²) in [6, 6.07) is 55.3. The Morgan fingerprint density at radius 1 is 0.453 bits per heavy atom. The quantitative estimate of drug-likeness (QED) is 0.152. The van der Waals surface area contributed by atoms with E-state index in [0.717, 1.165) is 45.6 Å². The highest BCUT2D eigenvalue weighted by Gasteiger charge is 2.42. The number of ether oxygens (including phenoxy) is 1. The summed E-state index contributed by atoms with van der Waals surface area (Å²) in [5.74, 6) is 2.76. The molecular formula is C49H39N3O. The van der Waals surface area contributed by atoms with E-state index in [0.29, 0.717) is 17.5 Å². The molecule has 1 aliphatic carbocycles. The molecule has 0 radical (unpaired) electrons. The molecule has 0 saturated heterocycles. The molecule has 2 heterocycles. The molecule has 4 heteroatoms. The smallest absolute Gasteiger partial charge is 0.164 e. The van der Waals surface area contributed by atoms with Crippen LogP contribution in [0.15, 0.2) is 170 Å². The van der Waals surface area contributed by atoms with Gasteiger partial charge in [0, 0.05) is 27.8 Å². The Morgan fingerprint density at radius 3 is 1.57 bits per heavy atom. The lowest BCUT2D eigenvalue weighted by Gasteiger charge is -2.27. The van der Waals surface area contributed by atoms with Gasteiger partial charge in [0.05, 0.1) is 5.92 Å². The molecule has 0 fully saturated rings. The van der Waals surface area contributed by atoms with Gasteiger partial charge in [-0.3, -0.25) is 0 Å². The van der Waals surface area contributed by atoms with Crippen LogP contribution in [0, 0.1) is 0 Å². The molecule has 0 amide bonds. The number of aromatic nitrogens is 3. The number of aryl methyl sites for hydroxylation is 1. The number of hydrogen-bond acceptors (Lipinski definition) is 4. The van der Waals surface area contributed by atoms with Crippen LogP contribution in [-0.2, 0) is 6.42 Å².